The Morgan fingerprint density at radius 3 is 2.68 bits per heavy atom. The summed E-state index contributed by atoms with van der Waals surface area (Å²) in [5.74, 6) is 1.81. The molecular weight excluding hydrogens is 352 g/mol. The van der Waals surface area contributed by atoms with Crippen LogP contribution >= 0.6 is 0 Å². The molecule has 1 aliphatic heterocycles. The van der Waals surface area contributed by atoms with E-state index in [0.717, 1.165) is 56.3 Å². The maximum Gasteiger partial charge on any atom is 0.142 e. The first-order valence-corrected chi connectivity index (χ1v) is 10.4. The van der Waals surface area contributed by atoms with Crippen LogP contribution in [-0.4, -0.2) is 57.7 Å². The smallest absolute Gasteiger partial charge is 0.142 e. The van der Waals surface area contributed by atoms with Crippen molar-refractivity contribution in [3.8, 4) is 11.5 Å². The summed E-state index contributed by atoms with van der Waals surface area (Å²) in [5, 5.41) is 10.4. The summed E-state index contributed by atoms with van der Waals surface area (Å²) < 4.78 is 11.4. The Morgan fingerprint density at radius 2 is 1.86 bits per heavy atom. The third-order valence-corrected chi connectivity index (χ3v) is 5.93. The van der Waals surface area contributed by atoms with Crippen LogP contribution in [0.3, 0.4) is 0 Å². The Kier molecular flexibility index (Phi) is 6.03. The highest BCUT2D eigenvalue weighted by Gasteiger charge is 2.24. The number of piperazine rings is 1. The third kappa shape index (κ3) is 4.42. The van der Waals surface area contributed by atoms with Gasteiger partial charge in [-0.2, -0.15) is 0 Å². The second kappa shape index (κ2) is 8.84. The average Bonchev–Trinajstić information content (AvgIpc) is 3.21. The number of rotatable bonds is 7. The number of ether oxygens (including phenoxy) is 2. The van der Waals surface area contributed by atoms with Crippen LogP contribution in [0, 0.1) is 0 Å². The number of methoxy groups -OCH3 is 1. The predicted molar refractivity (Wildman–Crippen MR) is 111 cm³/mol. The molecule has 1 aliphatic carbocycles. The van der Waals surface area contributed by atoms with Gasteiger partial charge in [0, 0.05) is 0 Å². The van der Waals surface area contributed by atoms with Gasteiger partial charge < -0.3 is 24.4 Å². The second-order valence-corrected chi connectivity index (χ2v) is 7.86. The molecule has 0 amide bonds. The van der Waals surface area contributed by atoms with Crippen molar-refractivity contribution in [2.75, 3.05) is 51.3 Å². The molecule has 0 saturated carbocycles. The lowest BCUT2D eigenvalue weighted by molar-refractivity contribution is -0.903. The summed E-state index contributed by atoms with van der Waals surface area (Å²) >= 11 is 0. The number of aliphatic hydroxyl groups excluding tert-OH is 1. The fraction of sp³-hybridized carbons (Fsp3) is 0.478. The van der Waals surface area contributed by atoms with Crippen LogP contribution in [0.25, 0.3) is 0 Å². The maximum atomic E-state index is 10.4. The number of hydrogen-bond donors (Lipinski definition) is 2. The summed E-state index contributed by atoms with van der Waals surface area (Å²) in [5.41, 5.74) is 4.01. The fourth-order valence-electron chi connectivity index (χ4n) is 4.38. The van der Waals surface area contributed by atoms with Crippen LogP contribution in [0.15, 0.2) is 42.5 Å². The van der Waals surface area contributed by atoms with Crippen molar-refractivity contribution in [1.82, 2.24) is 0 Å². The highest BCUT2D eigenvalue weighted by Crippen LogP contribution is 2.27. The van der Waals surface area contributed by atoms with E-state index in [1.165, 1.54) is 28.9 Å². The highest BCUT2D eigenvalue weighted by atomic mass is 16.5. The Morgan fingerprint density at radius 1 is 1.07 bits per heavy atom. The van der Waals surface area contributed by atoms with E-state index in [9.17, 15) is 5.11 Å². The predicted octanol–water partition coefficient (Wildman–Crippen LogP) is 1.33. The van der Waals surface area contributed by atoms with Gasteiger partial charge in [-0.3, -0.25) is 0 Å². The SMILES string of the molecule is COc1ccccc1N1CC[NH+](C[C@H](O)COc2ccc3c(c2)CCC3)CC1. The third-order valence-electron chi connectivity index (χ3n) is 5.93. The van der Waals surface area contributed by atoms with Crippen molar-refractivity contribution in [2.45, 2.75) is 25.4 Å². The van der Waals surface area contributed by atoms with Crippen molar-refractivity contribution in [2.24, 2.45) is 0 Å². The average molecular weight is 384 g/mol. The molecule has 2 aromatic rings. The Bertz CT molecular complexity index is 787. The first kappa shape index (κ1) is 19.1. The zero-order valence-corrected chi connectivity index (χ0v) is 16.7. The highest BCUT2D eigenvalue weighted by molar-refractivity contribution is 5.58. The lowest BCUT2D eigenvalue weighted by atomic mass is 10.1. The van der Waals surface area contributed by atoms with Gasteiger partial charge >= 0.3 is 0 Å². The topological polar surface area (TPSA) is 46.4 Å². The van der Waals surface area contributed by atoms with E-state index in [1.54, 1.807) is 7.11 Å². The molecule has 150 valence electrons. The van der Waals surface area contributed by atoms with Crippen LogP contribution in [-0.2, 0) is 12.8 Å². The standard InChI is InChI=1S/C23H30N2O3/c1-27-23-8-3-2-7-22(23)25-13-11-24(12-14-25)16-20(26)17-28-21-10-9-18-5-4-6-19(18)15-21/h2-3,7-10,15,20,26H,4-6,11-14,16-17H2,1H3/p+1/t20-/m0/s1. The molecule has 2 aromatic carbocycles. The van der Waals surface area contributed by atoms with Gasteiger partial charge in [-0.1, -0.05) is 18.2 Å². The van der Waals surface area contributed by atoms with E-state index in [0.29, 0.717) is 6.61 Å². The molecule has 1 atom stereocenters. The fourth-order valence-corrected chi connectivity index (χ4v) is 4.38. The minimum absolute atomic E-state index is 0.360. The Hall–Kier alpha value is -2.24. The Balaban J connectivity index is 1.23. The number of fused-ring (bicyclic) bond motifs is 1. The molecule has 0 bridgehead atoms. The summed E-state index contributed by atoms with van der Waals surface area (Å²) in [4.78, 5) is 3.80. The molecule has 5 heteroatoms. The van der Waals surface area contributed by atoms with Gasteiger partial charge in [0.05, 0.1) is 39.0 Å². The van der Waals surface area contributed by atoms with Gasteiger partial charge in [0.2, 0.25) is 0 Å². The van der Waals surface area contributed by atoms with E-state index in [-0.39, 0.29) is 0 Å². The van der Waals surface area contributed by atoms with E-state index in [4.69, 9.17) is 9.47 Å². The lowest BCUT2D eigenvalue weighted by Gasteiger charge is -2.35. The van der Waals surface area contributed by atoms with E-state index < -0.39 is 6.10 Å². The van der Waals surface area contributed by atoms with E-state index in [1.807, 2.05) is 18.2 Å². The van der Waals surface area contributed by atoms with Gasteiger partial charge in [-0.25, -0.2) is 0 Å². The summed E-state index contributed by atoms with van der Waals surface area (Å²) in [6.07, 6.45) is 3.13. The molecule has 0 spiro atoms. The van der Waals surface area contributed by atoms with Crippen LogP contribution in [0.4, 0.5) is 5.69 Å². The van der Waals surface area contributed by atoms with Gasteiger partial charge in [-0.05, 0) is 54.7 Å². The zero-order valence-electron chi connectivity index (χ0n) is 16.7. The van der Waals surface area contributed by atoms with Gasteiger partial charge in [0.15, 0.2) is 0 Å². The monoisotopic (exact) mass is 383 g/mol. The minimum Gasteiger partial charge on any atom is -0.495 e. The molecule has 0 unspecified atom stereocenters. The van der Waals surface area contributed by atoms with Crippen LogP contribution in [0.2, 0.25) is 0 Å². The van der Waals surface area contributed by atoms with Crippen LogP contribution < -0.4 is 19.3 Å². The van der Waals surface area contributed by atoms with Crippen molar-refractivity contribution >= 4 is 5.69 Å². The maximum absolute atomic E-state index is 10.4. The van der Waals surface area contributed by atoms with Gasteiger partial charge in [0.1, 0.15) is 30.8 Å². The van der Waals surface area contributed by atoms with Gasteiger partial charge in [0.25, 0.3) is 0 Å². The molecule has 1 saturated heterocycles. The number of para-hydroxylation sites is 2. The van der Waals surface area contributed by atoms with Crippen molar-refractivity contribution in [3.05, 3.63) is 53.6 Å². The van der Waals surface area contributed by atoms with Crippen LogP contribution in [0.5, 0.6) is 11.5 Å². The number of anilines is 1. The van der Waals surface area contributed by atoms with Crippen molar-refractivity contribution in [3.63, 3.8) is 0 Å². The molecule has 0 radical (unpaired) electrons. The number of quaternary nitrogens is 1. The van der Waals surface area contributed by atoms with Crippen molar-refractivity contribution < 1.29 is 19.5 Å². The Labute approximate surface area is 167 Å². The number of aliphatic hydroxyl groups is 1. The first-order chi connectivity index (χ1) is 13.7. The molecule has 2 N–H and O–H groups in total. The second-order valence-electron chi connectivity index (χ2n) is 7.86. The van der Waals surface area contributed by atoms with Gasteiger partial charge in [-0.15, -0.1) is 0 Å². The molecular formula is C23H31N2O3+. The normalized spacial score (nSPS) is 18.0. The van der Waals surface area contributed by atoms with E-state index in [2.05, 4.69) is 29.2 Å². The van der Waals surface area contributed by atoms with Crippen LogP contribution in [0.1, 0.15) is 17.5 Å². The largest absolute Gasteiger partial charge is 0.495 e. The lowest BCUT2D eigenvalue weighted by Crippen LogP contribution is -3.16. The molecule has 28 heavy (non-hydrogen) atoms. The number of benzene rings is 2. The summed E-state index contributed by atoms with van der Waals surface area (Å²) in [6.45, 7) is 5.04. The van der Waals surface area contributed by atoms with E-state index >= 15 is 0 Å². The number of nitrogens with zero attached hydrogens (tertiary/aromatic N) is 1. The molecule has 1 fully saturated rings. The zero-order chi connectivity index (χ0) is 19.3. The molecule has 5 nitrogen and oxygen atoms in total. The molecule has 4 rings (SSSR count). The number of hydrogen-bond acceptors (Lipinski definition) is 4. The molecule has 2 aliphatic rings. The van der Waals surface area contributed by atoms with Crippen molar-refractivity contribution in [1.29, 1.82) is 0 Å². The summed E-state index contributed by atoms with van der Waals surface area (Å²) in [6, 6.07) is 14.5. The number of nitrogens with one attached hydrogen (secondary N) is 1. The first-order valence-electron chi connectivity index (χ1n) is 10.4. The minimum atomic E-state index is -0.443. The quantitative estimate of drug-likeness (QED) is 0.757. The number of aryl methyl sites for hydroxylation is 2. The molecule has 0 aromatic heterocycles. The molecule has 1 heterocycles. The summed E-state index contributed by atoms with van der Waals surface area (Å²) in [7, 11) is 1.72.